The molecule has 0 fully saturated rings. The number of halogens is 1. The molecule has 0 bridgehead atoms. The molecule has 3 heterocycles. The van der Waals surface area contributed by atoms with Gasteiger partial charge in [0.25, 0.3) is 0 Å². The Kier molecular flexibility index (Phi) is 9.68. The van der Waals surface area contributed by atoms with Gasteiger partial charge in [-0.25, -0.2) is 14.4 Å². The molecule has 0 radical (unpaired) electrons. The van der Waals surface area contributed by atoms with Gasteiger partial charge < -0.3 is 15.4 Å². The number of benzene rings is 1. The molecule has 2 amide bonds. The van der Waals surface area contributed by atoms with E-state index >= 15 is 0 Å². The summed E-state index contributed by atoms with van der Waals surface area (Å²) in [7, 11) is 0. The smallest absolute Gasteiger partial charge is 0.230 e. The highest BCUT2D eigenvalue weighted by Gasteiger charge is 2.10. The Bertz CT molecular complexity index is 1340. The van der Waals surface area contributed by atoms with Crippen molar-refractivity contribution in [2.75, 3.05) is 17.5 Å². The Morgan fingerprint density at radius 1 is 0.868 bits per heavy atom. The number of aromatic nitrogens is 6. The predicted octanol–water partition coefficient (Wildman–Crippen LogP) is 3.35. The Hall–Kier alpha value is -4.39. The first-order valence-corrected chi connectivity index (χ1v) is 12.7. The molecular weight excluding hydrogens is 511 g/mol. The molecule has 196 valence electrons. The Morgan fingerprint density at radius 3 is 2.45 bits per heavy atom. The maximum atomic E-state index is 12.3. The summed E-state index contributed by atoms with van der Waals surface area (Å²) >= 11 is 1.35. The molecule has 0 unspecified atom stereocenters. The van der Waals surface area contributed by atoms with E-state index in [1.165, 1.54) is 17.7 Å². The van der Waals surface area contributed by atoms with E-state index in [9.17, 15) is 14.0 Å². The van der Waals surface area contributed by atoms with Crippen molar-refractivity contribution in [2.24, 2.45) is 0 Å². The highest BCUT2D eigenvalue weighted by atomic mass is 32.1. The minimum Gasteiger partial charge on any atom is -0.463 e. The Morgan fingerprint density at radius 2 is 1.66 bits per heavy atom. The summed E-state index contributed by atoms with van der Waals surface area (Å²) in [5, 5.41) is 23.2. The van der Waals surface area contributed by atoms with Crippen molar-refractivity contribution in [3.05, 3.63) is 76.9 Å². The standard InChI is InChI=1S/C25H25FN8O3S/c26-15-37-20-6-3-4-17(10-20)11-22(35)29-21-9-8-19(31-32-21)5-1-2-7-24-33-34-25(38-24)30-23(36)12-18-13-27-16-28-14-18/h3-4,6,8-10,13-14,16H,1-2,5,7,11-12,15H2,(H,29,32,35)(H,30,34,36). The SMILES string of the molecule is O=C(Cc1cccc(OCF)c1)Nc1ccc(CCCCc2nnc(NC(=O)Cc3cncnc3)s2)nn1. The third kappa shape index (κ3) is 8.62. The first kappa shape index (κ1) is 26.7. The third-order valence-corrected chi connectivity index (χ3v) is 6.14. The van der Waals surface area contributed by atoms with Crippen molar-refractivity contribution in [2.45, 2.75) is 38.5 Å². The third-order valence-electron chi connectivity index (χ3n) is 5.24. The molecule has 0 spiro atoms. The largest absolute Gasteiger partial charge is 0.463 e. The molecule has 4 rings (SSSR count). The van der Waals surface area contributed by atoms with Gasteiger partial charge in [0.15, 0.2) is 5.82 Å². The highest BCUT2D eigenvalue weighted by Crippen LogP contribution is 2.18. The number of unbranched alkanes of at least 4 members (excludes halogenated alkanes) is 1. The van der Waals surface area contributed by atoms with Crippen LogP contribution in [-0.2, 0) is 35.3 Å². The lowest BCUT2D eigenvalue weighted by Crippen LogP contribution is -2.16. The van der Waals surface area contributed by atoms with Crippen LogP contribution in [-0.4, -0.2) is 49.0 Å². The van der Waals surface area contributed by atoms with Gasteiger partial charge in [-0.1, -0.05) is 23.5 Å². The number of nitrogens with one attached hydrogen (secondary N) is 2. The van der Waals surface area contributed by atoms with E-state index in [1.807, 2.05) is 6.07 Å². The van der Waals surface area contributed by atoms with Crippen LogP contribution < -0.4 is 15.4 Å². The first-order chi connectivity index (χ1) is 18.6. The molecule has 0 aliphatic heterocycles. The lowest BCUT2D eigenvalue weighted by Gasteiger charge is -2.06. The lowest BCUT2D eigenvalue weighted by molar-refractivity contribution is -0.116. The van der Waals surface area contributed by atoms with E-state index in [2.05, 4.69) is 41.0 Å². The van der Waals surface area contributed by atoms with Crippen LogP contribution in [0.2, 0.25) is 0 Å². The molecule has 13 heteroatoms. The summed E-state index contributed by atoms with van der Waals surface area (Å²) in [6.45, 7) is -0.924. The lowest BCUT2D eigenvalue weighted by atomic mass is 10.1. The fourth-order valence-corrected chi connectivity index (χ4v) is 4.30. The summed E-state index contributed by atoms with van der Waals surface area (Å²) in [5.74, 6) is 0.275. The maximum absolute atomic E-state index is 12.3. The average molecular weight is 537 g/mol. The number of ether oxygens (including phenoxy) is 1. The van der Waals surface area contributed by atoms with E-state index < -0.39 is 6.86 Å². The number of rotatable bonds is 13. The summed E-state index contributed by atoms with van der Waals surface area (Å²) in [4.78, 5) is 32.2. The molecule has 0 saturated carbocycles. The van der Waals surface area contributed by atoms with Crippen molar-refractivity contribution >= 4 is 34.1 Å². The van der Waals surface area contributed by atoms with Gasteiger partial charge in [-0.05, 0) is 54.7 Å². The number of anilines is 2. The van der Waals surface area contributed by atoms with E-state index in [-0.39, 0.29) is 24.7 Å². The van der Waals surface area contributed by atoms with Crippen LogP contribution in [0.15, 0.2) is 55.1 Å². The molecule has 11 nitrogen and oxygen atoms in total. The van der Waals surface area contributed by atoms with Crippen LogP contribution in [0.5, 0.6) is 5.75 Å². The molecule has 0 aliphatic rings. The van der Waals surface area contributed by atoms with Gasteiger partial charge in [0, 0.05) is 18.8 Å². The second kappa shape index (κ2) is 13.8. The zero-order valence-electron chi connectivity index (χ0n) is 20.3. The number of hydrogen-bond donors (Lipinski definition) is 2. The van der Waals surface area contributed by atoms with Gasteiger partial charge in [-0.15, -0.1) is 15.3 Å². The van der Waals surface area contributed by atoms with E-state index in [4.69, 9.17) is 4.74 Å². The van der Waals surface area contributed by atoms with Crippen LogP contribution in [0.3, 0.4) is 0 Å². The van der Waals surface area contributed by atoms with E-state index in [0.717, 1.165) is 41.9 Å². The predicted molar refractivity (Wildman–Crippen MR) is 138 cm³/mol. The molecule has 3 aromatic heterocycles. The van der Waals surface area contributed by atoms with Crippen LogP contribution >= 0.6 is 11.3 Å². The fraction of sp³-hybridized carbons (Fsp3) is 0.280. The normalized spacial score (nSPS) is 10.7. The molecule has 4 aromatic rings. The highest BCUT2D eigenvalue weighted by molar-refractivity contribution is 7.15. The van der Waals surface area contributed by atoms with Crippen LogP contribution in [0.1, 0.15) is 34.7 Å². The van der Waals surface area contributed by atoms with Gasteiger partial charge in [-0.2, -0.15) is 5.10 Å². The Labute approximate surface area is 221 Å². The number of nitrogens with zero attached hydrogens (tertiary/aromatic N) is 6. The monoisotopic (exact) mass is 536 g/mol. The second-order valence-electron chi connectivity index (χ2n) is 8.22. The molecular formula is C25H25FN8O3S. The number of amides is 2. The van der Waals surface area contributed by atoms with Crippen LogP contribution in [0.25, 0.3) is 0 Å². The minimum absolute atomic E-state index is 0.103. The number of hydrogen-bond acceptors (Lipinski definition) is 10. The summed E-state index contributed by atoms with van der Waals surface area (Å²) < 4.78 is 17.1. The van der Waals surface area contributed by atoms with Gasteiger partial charge in [-0.3, -0.25) is 9.59 Å². The number of alkyl halides is 1. The zero-order chi connectivity index (χ0) is 26.6. The van der Waals surface area contributed by atoms with Crippen LogP contribution in [0, 0.1) is 0 Å². The average Bonchev–Trinajstić information content (AvgIpc) is 3.35. The first-order valence-electron chi connectivity index (χ1n) is 11.8. The fourth-order valence-electron chi connectivity index (χ4n) is 3.50. The zero-order valence-corrected chi connectivity index (χ0v) is 21.2. The Balaban J connectivity index is 1.15. The maximum Gasteiger partial charge on any atom is 0.230 e. The molecule has 1 aromatic carbocycles. The van der Waals surface area contributed by atoms with Crippen molar-refractivity contribution in [1.29, 1.82) is 0 Å². The van der Waals surface area contributed by atoms with Crippen molar-refractivity contribution < 1.29 is 18.7 Å². The van der Waals surface area contributed by atoms with Crippen molar-refractivity contribution in [1.82, 2.24) is 30.4 Å². The number of carbonyl (C=O) groups is 2. The molecule has 0 aliphatic carbocycles. The topological polar surface area (TPSA) is 145 Å². The summed E-state index contributed by atoms with van der Waals surface area (Å²) in [6.07, 6.45) is 8.09. The van der Waals surface area contributed by atoms with Gasteiger partial charge in [0.1, 0.15) is 17.1 Å². The van der Waals surface area contributed by atoms with Gasteiger partial charge in [0.05, 0.1) is 18.5 Å². The minimum atomic E-state index is -0.924. The number of carbonyl (C=O) groups excluding carboxylic acids is 2. The van der Waals surface area contributed by atoms with Crippen molar-refractivity contribution in [3.63, 3.8) is 0 Å². The summed E-state index contributed by atoms with van der Waals surface area (Å²) in [6, 6.07) is 10.3. The molecule has 0 atom stereocenters. The quantitative estimate of drug-likeness (QED) is 0.246. The second-order valence-corrected chi connectivity index (χ2v) is 9.28. The number of aryl methyl sites for hydroxylation is 2. The van der Waals surface area contributed by atoms with Gasteiger partial charge in [0.2, 0.25) is 23.8 Å². The molecule has 0 saturated heterocycles. The van der Waals surface area contributed by atoms with E-state index in [1.54, 1.807) is 42.7 Å². The van der Waals surface area contributed by atoms with Crippen molar-refractivity contribution in [3.8, 4) is 5.75 Å². The van der Waals surface area contributed by atoms with E-state index in [0.29, 0.717) is 22.3 Å². The summed E-state index contributed by atoms with van der Waals surface area (Å²) in [5.41, 5.74) is 2.24. The van der Waals surface area contributed by atoms with Crippen LogP contribution in [0.4, 0.5) is 15.3 Å². The molecule has 2 N–H and O–H groups in total. The molecule has 38 heavy (non-hydrogen) atoms. The van der Waals surface area contributed by atoms with Gasteiger partial charge >= 0.3 is 0 Å².